The number of aromatic nitrogens is 1. The molecule has 0 saturated carbocycles. The minimum absolute atomic E-state index is 0.0908. The first kappa shape index (κ1) is 13.8. The molecule has 1 aliphatic rings. The Morgan fingerprint density at radius 3 is 2.86 bits per heavy atom. The van der Waals surface area contributed by atoms with Crippen LogP contribution >= 0.6 is 0 Å². The van der Waals surface area contributed by atoms with Gasteiger partial charge in [0.25, 0.3) is 0 Å². The topological polar surface area (TPSA) is 54.5 Å². The number of rotatable bonds is 3. The second kappa shape index (κ2) is 6.10. The van der Waals surface area contributed by atoms with Crippen molar-refractivity contribution in [3.05, 3.63) is 36.5 Å². The molecule has 0 spiro atoms. The Kier molecular flexibility index (Phi) is 4.01. The Morgan fingerprint density at radius 2 is 2.05 bits per heavy atom. The molecule has 3 rings (SSSR count). The first-order chi connectivity index (χ1) is 10.3. The number of nitrogens with zero attached hydrogens (tertiary/aromatic N) is 2. The Bertz CT molecular complexity index is 633. The van der Waals surface area contributed by atoms with Crippen molar-refractivity contribution in [2.24, 2.45) is 0 Å². The molecule has 1 aliphatic heterocycles. The zero-order valence-corrected chi connectivity index (χ0v) is 12.1. The minimum atomic E-state index is -0.304. The predicted molar refractivity (Wildman–Crippen MR) is 82.2 cm³/mol. The molecule has 0 radical (unpaired) electrons. The highest BCUT2D eigenvalue weighted by atomic mass is 16.5. The number of carbonyl (C=O) groups is 1. The molecule has 110 valence electrons. The maximum atomic E-state index is 12.4. The van der Waals surface area contributed by atoms with E-state index in [-0.39, 0.29) is 11.9 Å². The van der Waals surface area contributed by atoms with Crippen molar-refractivity contribution in [3.8, 4) is 0 Å². The van der Waals surface area contributed by atoms with Crippen LogP contribution in [0.25, 0.3) is 10.8 Å². The zero-order chi connectivity index (χ0) is 14.7. The van der Waals surface area contributed by atoms with Crippen molar-refractivity contribution in [2.45, 2.75) is 13.0 Å². The lowest BCUT2D eigenvalue weighted by Crippen LogP contribution is -2.47. The van der Waals surface area contributed by atoms with Gasteiger partial charge in [-0.25, -0.2) is 4.98 Å². The Hall–Kier alpha value is -2.14. The van der Waals surface area contributed by atoms with E-state index >= 15 is 0 Å². The monoisotopic (exact) mass is 285 g/mol. The standard InChI is InChI=1S/C16H19N3O2/c1-12(16(20)19-8-10-21-11-9-19)18-15-14-5-3-2-4-13(14)6-7-17-15/h2-7,12H,8-11H2,1H3,(H,17,18). The van der Waals surface area contributed by atoms with Crippen LogP contribution in [-0.4, -0.2) is 48.1 Å². The lowest BCUT2D eigenvalue weighted by Gasteiger charge is -2.29. The molecule has 1 aromatic heterocycles. The van der Waals surface area contributed by atoms with Gasteiger partial charge < -0.3 is 15.0 Å². The number of amides is 1. The number of hydrogen-bond acceptors (Lipinski definition) is 4. The van der Waals surface area contributed by atoms with Gasteiger partial charge in [-0.3, -0.25) is 4.79 Å². The number of nitrogens with one attached hydrogen (secondary N) is 1. The number of fused-ring (bicyclic) bond motifs is 1. The van der Waals surface area contributed by atoms with E-state index in [1.807, 2.05) is 42.2 Å². The van der Waals surface area contributed by atoms with Crippen molar-refractivity contribution in [3.63, 3.8) is 0 Å². The van der Waals surface area contributed by atoms with Gasteiger partial charge in [0.2, 0.25) is 5.91 Å². The maximum absolute atomic E-state index is 12.4. The minimum Gasteiger partial charge on any atom is -0.378 e. The fourth-order valence-electron chi connectivity index (χ4n) is 2.56. The SMILES string of the molecule is CC(Nc1nccc2ccccc12)C(=O)N1CCOCC1. The molecular weight excluding hydrogens is 266 g/mol. The van der Waals surface area contributed by atoms with Gasteiger partial charge in [0.1, 0.15) is 11.9 Å². The summed E-state index contributed by atoms with van der Waals surface area (Å²) in [5.74, 6) is 0.843. The van der Waals surface area contributed by atoms with E-state index in [2.05, 4.69) is 10.3 Å². The Balaban J connectivity index is 1.76. The van der Waals surface area contributed by atoms with Crippen molar-refractivity contribution in [2.75, 3.05) is 31.6 Å². The summed E-state index contributed by atoms with van der Waals surface area (Å²) in [4.78, 5) is 18.6. The number of morpholine rings is 1. The normalized spacial score (nSPS) is 16.7. The summed E-state index contributed by atoms with van der Waals surface area (Å²) in [6, 6.07) is 9.68. The molecular formula is C16H19N3O2. The van der Waals surface area contributed by atoms with Crippen LogP contribution in [0.2, 0.25) is 0 Å². The second-order valence-corrected chi connectivity index (χ2v) is 5.18. The maximum Gasteiger partial charge on any atom is 0.244 e. The van der Waals surface area contributed by atoms with Crippen LogP contribution in [0.15, 0.2) is 36.5 Å². The molecule has 1 fully saturated rings. The average Bonchev–Trinajstić information content (AvgIpc) is 2.55. The summed E-state index contributed by atoms with van der Waals surface area (Å²) >= 11 is 0. The summed E-state index contributed by atoms with van der Waals surface area (Å²) in [7, 11) is 0. The fraction of sp³-hybridized carbons (Fsp3) is 0.375. The highest BCUT2D eigenvalue weighted by Gasteiger charge is 2.22. The molecule has 2 heterocycles. The van der Waals surface area contributed by atoms with Gasteiger partial charge in [0, 0.05) is 24.7 Å². The van der Waals surface area contributed by atoms with Gasteiger partial charge in [-0.1, -0.05) is 24.3 Å². The van der Waals surface area contributed by atoms with Crippen LogP contribution in [-0.2, 0) is 9.53 Å². The van der Waals surface area contributed by atoms with Crippen LogP contribution in [0.1, 0.15) is 6.92 Å². The summed E-state index contributed by atoms with van der Waals surface area (Å²) in [5, 5.41) is 5.38. The smallest absolute Gasteiger partial charge is 0.244 e. The summed E-state index contributed by atoms with van der Waals surface area (Å²) in [6.07, 6.45) is 1.76. The van der Waals surface area contributed by atoms with Crippen molar-refractivity contribution in [1.82, 2.24) is 9.88 Å². The van der Waals surface area contributed by atoms with Crippen LogP contribution < -0.4 is 5.32 Å². The number of carbonyl (C=O) groups excluding carboxylic acids is 1. The van der Waals surface area contributed by atoms with Gasteiger partial charge in [0.05, 0.1) is 13.2 Å². The number of pyridine rings is 1. The van der Waals surface area contributed by atoms with Crippen molar-refractivity contribution < 1.29 is 9.53 Å². The average molecular weight is 285 g/mol. The molecule has 1 unspecified atom stereocenters. The van der Waals surface area contributed by atoms with E-state index in [9.17, 15) is 4.79 Å². The molecule has 2 aromatic rings. The van der Waals surface area contributed by atoms with Gasteiger partial charge in [0.15, 0.2) is 0 Å². The third-order valence-electron chi connectivity index (χ3n) is 3.72. The van der Waals surface area contributed by atoms with E-state index in [0.717, 1.165) is 16.6 Å². The van der Waals surface area contributed by atoms with Crippen LogP contribution in [0, 0.1) is 0 Å². The van der Waals surface area contributed by atoms with Crippen LogP contribution in [0.4, 0.5) is 5.82 Å². The quantitative estimate of drug-likeness (QED) is 0.935. The predicted octanol–water partition coefficient (Wildman–Crippen LogP) is 1.89. The molecule has 1 atom stereocenters. The number of anilines is 1. The van der Waals surface area contributed by atoms with E-state index in [4.69, 9.17) is 4.74 Å². The van der Waals surface area contributed by atoms with Gasteiger partial charge in [-0.15, -0.1) is 0 Å². The summed E-state index contributed by atoms with van der Waals surface area (Å²) in [5.41, 5.74) is 0. The lowest BCUT2D eigenvalue weighted by molar-refractivity contribution is -0.135. The third-order valence-corrected chi connectivity index (χ3v) is 3.72. The molecule has 5 nitrogen and oxygen atoms in total. The number of ether oxygens (including phenoxy) is 1. The largest absolute Gasteiger partial charge is 0.378 e. The molecule has 1 aromatic carbocycles. The Labute approximate surface area is 123 Å². The molecule has 1 amide bonds. The lowest BCUT2D eigenvalue weighted by atomic mass is 10.1. The first-order valence-electron chi connectivity index (χ1n) is 7.22. The fourth-order valence-corrected chi connectivity index (χ4v) is 2.56. The number of benzene rings is 1. The molecule has 1 N–H and O–H groups in total. The van der Waals surface area contributed by atoms with Crippen LogP contribution in [0.3, 0.4) is 0 Å². The molecule has 5 heteroatoms. The van der Waals surface area contributed by atoms with E-state index in [1.54, 1.807) is 6.20 Å². The Morgan fingerprint density at radius 1 is 1.29 bits per heavy atom. The zero-order valence-electron chi connectivity index (χ0n) is 12.1. The third kappa shape index (κ3) is 2.97. The van der Waals surface area contributed by atoms with E-state index < -0.39 is 0 Å². The highest BCUT2D eigenvalue weighted by molar-refractivity contribution is 5.93. The van der Waals surface area contributed by atoms with Crippen molar-refractivity contribution in [1.29, 1.82) is 0 Å². The summed E-state index contributed by atoms with van der Waals surface area (Å²) in [6.45, 7) is 4.43. The first-order valence-corrected chi connectivity index (χ1v) is 7.22. The van der Waals surface area contributed by atoms with Crippen LogP contribution in [0.5, 0.6) is 0 Å². The van der Waals surface area contributed by atoms with Gasteiger partial charge in [-0.2, -0.15) is 0 Å². The van der Waals surface area contributed by atoms with Crippen molar-refractivity contribution >= 4 is 22.5 Å². The highest BCUT2D eigenvalue weighted by Crippen LogP contribution is 2.21. The van der Waals surface area contributed by atoms with E-state index in [1.165, 1.54) is 0 Å². The molecule has 1 saturated heterocycles. The molecule has 0 bridgehead atoms. The summed E-state index contributed by atoms with van der Waals surface area (Å²) < 4.78 is 5.28. The van der Waals surface area contributed by atoms with Gasteiger partial charge >= 0.3 is 0 Å². The number of hydrogen-bond donors (Lipinski definition) is 1. The molecule has 21 heavy (non-hydrogen) atoms. The second-order valence-electron chi connectivity index (χ2n) is 5.18. The van der Waals surface area contributed by atoms with E-state index in [0.29, 0.717) is 26.3 Å². The molecule has 0 aliphatic carbocycles. The van der Waals surface area contributed by atoms with Gasteiger partial charge in [-0.05, 0) is 18.4 Å².